The van der Waals surface area contributed by atoms with Crippen LogP contribution < -0.4 is 10.1 Å². The number of nitro groups is 1. The number of carbonyl (C=O) groups is 1. The number of rotatable bonds is 8. The Morgan fingerprint density at radius 1 is 1.41 bits per heavy atom. The van der Waals surface area contributed by atoms with Gasteiger partial charge in [-0.3, -0.25) is 4.79 Å². The Bertz CT molecular complexity index is 1030. The molecule has 1 atom stereocenters. The van der Waals surface area contributed by atoms with Crippen LogP contribution in [0.5, 0.6) is 5.75 Å². The molecule has 0 fully saturated rings. The van der Waals surface area contributed by atoms with Crippen molar-refractivity contribution in [3.8, 4) is 5.75 Å². The van der Waals surface area contributed by atoms with Gasteiger partial charge in [-0.2, -0.15) is 9.78 Å². The fourth-order valence-corrected chi connectivity index (χ4v) is 2.95. The monoisotopic (exact) mass is 418 g/mol. The molecule has 1 aromatic carbocycles. The highest BCUT2D eigenvalue weighted by Crippen LogP contribution is 2.21. The van der Waals surface area contributed by atoms with E-state index in [1.165, 1.54) is 21.6 Å². The topological polar surface area (TPSA) is 117 Å². The minimum Gasteiger partial charge on any atom is -0.471 e. The molecule has 1 N–H and O–H groups in total. The average Bonchev–Trinajstić information content (AvgIpc) is 3.28. The molecule has 2 heterocycles. The van der Waals surface area contributed by atoms with Crippen molar-refractivity contribution < 1.29 is 14.5 Å². The summed E-state index contributed by atoms with van der Waals surface area (Å²) in [6.07, 6.45) is 3.52. The first-order valence-corrected chi connectivity index (χ1v) is 9.17. The van der Waals surface area contributed by atoms with Crippen LogP contribution in [0.3, 0.4) is 0 Å². The summed E-state index contributed by atoms with van der Waals surface area (Å²) in [7, 11) is 0. The van der Waals surface area contributed by atoms with Gasteiger partial charge in [0, 0.05) is 5.02 Å². The summed E-state index contributed by atoms with van der Waals surface area (Å²) >= 11 is 5.92. The van der Waals surface area contributed by atoms with E-state index >= 15 is 0 Å². The van der Waals surface area contributed by atoms with Crippen molar-refractivity contribution in [2.24, 2.45) is 0 Å². The normalized spacial score (nSPS) is 11.8. The standard InChI is InChI=1S/C18H19ClN6O4/c1-3-16(24-12(2)7-17(22-24)25(27)28)18(26)21-14-9-20-23(10-14)11-29-15-6-4-5-13(19)8-15/h4-10,16H,3,11H2,1-2H3,(H,21,26). The Kier molecular flexibility index (Phi) is 6.13. The summed E-state index contributed by atoms with van der Waals surface area (Å²) in [4.78, 5) is 23.0. The number of anilines is 1. The number of benzene rings is 1. The molecule has 0 spiro atoms. The summed E-state index contributed by atoms with van der Waals surface area (Å²) in [5.74, 6) is -0.0379. The molecule has 3 aromatic rings. The predicted molar refractivity (Wildman–Crippen MR) is 106 cm³/mol. The average molecular weight is 419 g/mol. The van der Waals surface area contributed by atoms with Gasteiger partial charge in [-0.1, -0.05) is 24.6 Å². The molecule has 3 rings (SSSR count). The minimum absolute atomic E-state index is 0.137. The van der Waals surface area contributed by atoms with Crippen LogP contribution in [0.25, 0.3) is 0 Å². The largest absolute Gasteiger partial charge is 0.471 e. The molecular weight excluding hydrogens is 400 g/mol. The van der Waals surface area contributed by atoms with Crippen molar-refractivity contribution in [2.75, 3.05) is 5.32 Å². The second kappa shape index (κ2) is 8.74. The van der Waals surface area contributed by atoms with Crippen LogP contribution in [0, 0.1) is 17.0 Å². The molecule has 1 amide bonds. The number of aryl methyl sites for hydroxylation is 1. The highest BCUT2D eigenvalue weighted by molar-refractivity contribution is 6.30. The number of aromatic nitrogens is 4. The molecule has 29 heavy (non-hydrogen) atoms. The molecule has 10 nitrogen and oxygen atoms in total. The summed E-state index contributed by atoms with van der Waals surface area (Å²) < 4.78 is 8.47. The van der Waals surface area contributed by atoms with E-state index in [-0.39, 0.29) is 18.5 Å². The number of hydrogen-bond acceptors (Lipinski definition) is 6. The van der Waals surface area contributed by atoms with Crippen molar-refractivity contribution in [3.05, 3.63) is 63.6 Å². The minimum atomic E-state index is -0.685. The second-order valence-corrected chi connectivity index (χ2v) is 6.69. The van der Waals surface area contributed by atoms with Gasteiger partial charge in [-0.05, 0) is 36.5 Å². The SMILES string of the molecule is CCC(C(=O)Nc1cnn(COc2cccc(Cl)c2)c1)n1nc([N+](=O)[O-])cc1C. The number of amides is 1. The molecule has 152 valence electrons. The van der Waals surface area contributed by atoms with Crippen LogP contribution >= 0.6 is 11.6 Å². The zero-order valence-corrected chi connectivity index (χ0v) is 16.5. The molecule has 0 aliphatic heterocycles. The Hall–Kier alpha value is -3.40. The third kappa shape index (κ3) is 4.91. The molecule has 11 heteroatoms. The number of halogens is 1. The fraction of sp³-hybridized carbons (Fsp3) is 0.278. The molecule has 0 aliphatic carbocycles. The first-order chi connectivity index (χ1) is 13.9. The second-order valence-electron chi connectivity index (χ2n) is 6.26. The van der Waals surface area contributed by atoms with E-state index in [2.05, 4.69) is 15.5 Å². The van der Waals surface area contributed by atoms with E-state index < -0.39 is 11.0 Å². The van der Waals surface area contributed by atoms with Crippen LogP contribution in [0.15, 0.2) is 42.7 Å². The maximum absolute atomic E-state index is 12.7. The van der Waals surface area contributed by atoms with Crippen LogP contribution in [-0.4, -0.2) is 30.4 Å². The first kappa shape index (κ1) is 20.3. The molecule has 0 radical (unpaired) electrons. The fourth-order valence-electron chi connectivity index (χ4n) is 2.77. The van der Waals surface area contributed by atoms with Crippen molar-refractivity contribution in [1.29, 1.82) is 0 Å². The highest BCUT2D eigenvalue weighted by atomic mass is 35.5. The van der Waals surface area contributed by atoms with Crippen LogP contribution in [0.1, 0.15) is 25.1 Å². The van der Waals surface area contributed by atoms with Crippen molar-refractivity contribution in [1.82, 2.24) is 19.6 Å². The smallest absolute Gasteiger partial charge is 0.390 e. The summed E-state index contributed by atoms with van der Waals surface area (Å²) in [6, 6.07) is 7.63. The van der Waals surface area contributed by atoms with Crippen molar-refractivity contribution in [3.63, 3.8) is 0 Å². The van der Waals surface area contributed by atoms with Crippen molar-refractivity contribution in [2.45, 2.75) is 33.0 Å². The van der Waals surface area contributed by atoms with Gasteiger partial charge < -0.3 is 20.2 Å². The number of hydrogen-bond donors (Lipinski definition) is 1. The van der Waals surface area contributed by atoms with E-state index in [1.54, 1.807) is 44.3 Å². The highest BCUT2D eigenvalue weighted by Gasteiger charge is 2.27. The zero-order chi connectivity index (χ0) is 21.0. The molecule has 0 saturated heterocycles. The Morgan fingerprint density at radius 2 is 2.21 bits per heavy atom. The first-order valence-electron chi connectivity index (χ1n) is 8.79. The Labute approximate surface area is 171 Å². The zero-order valence-electron chi connectivity index (χ0n) is 15.8. The van der Waals surface area contributed by atoms with E-state index in [4.69, 9.17) is 16.3 Å². The maximum atomic E-state index is 12.7. The lowest BCUT2D eigenvalue weighted by atomic mass is 10.2. The maximum Gasteiger partial charge on any atom is 0.390 e. The Balaban J connectivity index is 1.65. The van der Waals surface area contributed by atoms with Crippen molar-refractivity contribution >= 4 is 29.0 Å². The van der Waals surface area contributed by atoms with E-state index in [0.29, 0.717) is 28.6 Å². The van der Waals surface area contributed by atoms with E-state index in [1.807, 2.05) is 0 Å². The molecule has 0 bridgehead atoms. The van der Waals surface area contributed by atoms with Gasteiger partial charge in [0.25, 0.3) is 5.91 Å². The molecular formula is C18H19ClN6O4. The summed E-state index contributed by atoms with van der Waals surface area (Å²) in [6.45, 7) is 3.61. The molecule has 2 aromatic heterocycles. The third-order valence-electron chi connectivity index (χ3n) is 4.14. The third-order valence-corrected chi connectivity index (χ3v) is 4.38. The lowest BCUT2D eigenvalue weighted by Gasteiger charge is -2.13. The van der Waals surface area contributed by atoms with Crippen LogP contribution in [0.2, 0.25) is 5.02 Å². The molecule has 1 unspecified atom stereocenters. The van der Waals surface area contributed by atoms with Gasteiger partial charge >= 0.3 is 5.82 Å². The Morgan fingerprint density at radius 3 is 2.86 bits per heavy atom. The van der Waals surface area contributed by atoms with Gasteiger partial charge in [0.05, 0.1) is 34.9 Å². The molecule has 0 saturated carbocycles. The molecule has 0 aliphatic rings. The predicted octanol–water partition coefficient (Wildman–Crippen LogP) is 3.58. The number of ether oxygens (including phenoxy) is 1. The van der Waals surface area contributed by atoms with Gasteiger partial charge in [-0.25, -0.2) is 4.68 Å². The van der Waals surface area contributed by atoms with Crippen LogP contribution in [-0.2, 0) is 11.5 Å². The number of nitrogens with zero attached hydrogens (tertiary/aromatic N) is 5. The summed E-state index contributed by atoms with van der Waals surface area (Å²) in [5, 5.41) is 22.3. The van der Waals surface area contributed by atoms with E-state index in [0.717, 1.165) is 0 Å². The van der Waals surface area contributed by atoms with Gasteiger partial charge in [0.15, 0.2) is 12.8 Å². The lowest BCUT2D eigenvalue weighted by Crippen LogP contribution is -2.27. The quantitative estimate of drug-likeness (QED) is 0.441. The van der Waals surface area contributed by atoms with E-state index in [9.17, 15) is 14.9 Å². The van der Waals surface area contributed by atoms with Gasteiger partial charge in [0.2, 0.25) is 0 Å². The van der Waals surface area contributed by atoms with Gasteiger partial charge in [0.1, 0.15) is 5.75 Å². The number of carbonyl (C=O) groups excluding carboxylic acids is 1. The lowest BCUT2D eigenvalue weighted by molar-refractivity contribution is -0.389. The summed E-state index contributed by atoms with van der Waals surface area (Å²) in [5.41, 5.74) is 1.01. The van der Waals surface area contributed by atoms with Crippen LogP contribution in [0.4, 0.5) is 11.5 Å². The number of nitrogens with one attached hydrogen (secondary N) is 1. The van der Waals surface area contributed by atoms with Gasteiger partial charge in [-0.15, -0.1) is 0 Å².